The van der Waals surface area contributed by atoms with E-state index in [1.54, 1.807) is 0 Å². The van der Waals surface area contributed by atoms with Crippen molar-refractivity contribution in [2.24, 2.45) is 0 Å². The third-order valence-electron chi connectivity index (χ3n) is 2.96. The number of benzene rings is 2. The highest BCUT2D eigenvalue weighted by atomic mass is 19.1. The molecule has 2 nitrogen and oxygen atoms in total. The van der Waals surface area contributed by atoms with E-state index in [2.05, 4.69) is 5.32 Å². The summed E-state index contributed by atoms with van der Waals surface area (Å²) in [4.78, 5) is 0. The number of halogens is 2. The quantitative estimate of drug-likeness (QED) is 0.866. The summed E-state index contributed by atoms with van der Waals surface area (Å²) in [5, 5.41) is 3.17. The van der Waals surface area contributed by atoms with Gasteiger partial charge in [-0.1, -0.05) is 12.1 Å². The molecule has 0 bridgehead atoms. The first-order valence-electron chi connectivity index (χ1n) is 6.54. The fraction of sp³-hybridized carbons (Fsp3) is 0.250. The van der Waals surface area contributed by atoms with Gasteiger partial charge in [0.1, 0.15) is 17.4 Å². The normalized spacial score (nSPS) is 12.0. The van der Waals surface area contributed by atoms with Crippen LogP contribution in [0.1, 0.15) is 25.5 Å². The maximum Gasteiger partial charge on any atom is 0.131 e. The van der Waals surface area contributed by atoms with Crippen molar-refractivity contribution >= 4 is 5.69 Å². The molecule has 0 spiro atoms. The fourth-order valence-electron chi connectivity index (χ4n) is 2.02. The van der Waals surface area contributed by atoms with Gasteiger partial charge in [-0.2, -0.15) is 0 Å². The first-order valence-corrected chi connectivity index (χ1v) is 6.54. The maximum absolute atomic E-state index is 13.7. The lowest BCUT2D eigenvalue weighted by Crippen LogP contribution is -2.09. The monoisotopic (exact) mass is 277 g/mol. The Morgan fingerprint density at radius 3 is 2.65 bits per heavy atom. The molecule has 1 N–H and O–H groups in total. The molecule has 0 aromatic heterocycles. The van der Waals surface area contributed by atoms with Gasteiger partial charge < -0.3 is 10.1 Å². The minimum absolute atomic E-state index is 0.271. The van der Waals surface area contributed by atoms with Gasteiger partial charge in [-0.15, -0.1) is 0 Å². The molecule has 0 fully saturated rings. The zero-order valence-electron chi connectivity index (χ0n) is 11.5. The maximum atomic E-state index is 13.7. The number of hydrogen-bond acceptors (Lipinski definition) is 2. The Kier molecular flexibility index (Phi) is 4.56. The van der Waals surface area contributed by atoms with Gasteiger partial charge >= 0.3 is 0 Å². The van der Waals surface area contributed by atoms with Gasteiger partial charge in [0.15, 0.2) is 0 Å². The topological polar surface area (TPSA) is 21.3 Å². The first kappa shape index (κ1) is 14.3. The predicted molar refractivity (Wildman–Crippen MR) is 76.0 cm³/mol. The van der Waals surface area contributed by atoms with Crippen molar-refractivity contribution in [1.82, 2.24) is 0 Å². The molecule has 0 saturated heterocycles. The molecule has 1 unspecified atom stereocenters. The van der Waals surface area contributed by atoms with Crippen LogP contribution in [-0.2, 0) is 0 Å². The fourth-order valence-corrected chi connectivity index (χ4v) is 2.02. The van der Waals surface area contributed by atoms with Crippen molar-refractivity contribution < 1.29 is 13.5 Å². The summed E-state index contributed by atoms with van der Waals surface area (Å²) >= 11 is 0. The second-order valence-corrected chi connectivity index (χ2v) is 4.49. The second-order valence-electron chi connectivity index (χ2n) is 4.49. The van der Waals surface area contributed by atoms with E-state index in [-0.39, 0.29) is 6.04 Å². The van der Waals surface area contributed by atoms with Gasteiger partial charge in [-0.3, -0.25) is 0 Å². The Labute approximate surface area is 117 Å². The molecular formula is C16H17F2NO. The minimum Gasteiger partial charge on any atom is -0.494 e. The van der Waals surface area contributed by atoms with E-state index < -0.39 is 11.6 Å². The second kappa shape index (κ2) is 6.37. The molecule has 4 heteroatoms. The number of anilines is 1. The highest BCUT2D eigenvalue weighted by Crippen LogP contribution is 2.24. The van der Waals surface area contributed by atoms with Crippen LogP contribution in [-0.4, -0.2) is 6.61 Å². The van der Waals surface area contributed by atoms with Gasteiger partial charge in [0.25, 0.3) is 0 Å². The molecule has 2 rings (SSSR count). The lowest BCUT2D eigenvalue weighted by Gasteiger charge is -2.17. The molecule has 2 aromatic carbocycles. The Balaban J connectivity index is 2.14. The summed E-state index contributed by atoms with van der Waals surface area (Å²) in [5.74, 6) is -0.368. The largest absolute Gasteiger partial charge is 0.494 e. The van der Waals surface area contributed by atoms with E-state index in [0.717, 1.165) is 17.5 Å². The molecule has 0 aliphatic carbocycles. The highest BCUT2D eigenvalue weighted by Gasteiger charge is 2.11. The molecule has 0 amide bonds. The van der Waals surface area contributed by atoms with Crippen LogP contribution in [0.15, 0.2) is 42.5 Å². The SMILES string of the molecule is CCOc1cccc(NC(C)c2ccc(F)cc2F)c1. The molecule has 20 heavy (non-hydrogen) atoms. The van der Waals surface area contributed by atoms with Crippen molar-refractivity contribution in [2.45, 2.75) is 19.9 Å². The van der Waals surface area contributed by atoms with E-state index in [9.17, 15) is 8.78 Å². The first-order chi connectivity index (χ1) is 9.60. The van der Waals surface area contributed by atoms with Crippen LogP contribution in [0.3, 0.4) is 0 Å². The number of nitrogens with one attached hydrogen (secondary N) is 1. The van der Waals surface area contributed by atoms with Crippen LogP contribution in [0.4, 0.5) is 14.5 Å². The van der Waals surface area contributed by atoms with Crippen LogP contribution in [0.25, 0.3) is 0 Å². The van der Waals surface area contributed by atoms with Gasteiger partial charge in [-0.25, -0.2) is 8.78 Å². The number of hydrogen-bond donors (Lipinski definition) is 1. The van der Waals surface area contributed by atoms with Crippen molar-refractivity contribution in [2.75, 3.05) is 11.9 Å². The van der Waals surface area contributed by atoms with Crippen LogP contribution < -0.4 is 10.1 Å². The number of rotatable bonds is 5. The molecule has 0 heterocycles. The Morgan fingerprint density at radius 1 is 1.15 bits per heavy atom. The van der Waals surface area contributed by atoms with E-state index in [1.807, 2.05) is 38.1 Å². The number of ether oxygens (including phenoxy) is 1. The lowest BCUT2D eigenvalue weighted by atomic mass is 10.1. The van der Waals surface area contributed by atoms with E-state index in [0.29, 0.717) is 12.2 Å². The van der Waals surface area contributed by atoms with Crippen molar-refractivity contribution in [1.29, 1.82) is 0 Å². The Hall–Kier alpha value is -2.10. The van der Waals surface area contributed by atoms with Crippen LogP contribution >= 0.6 is 0 Å². The minimum atomic E-state index is -0.572. The van der Waals surface area contributed by atoms with Crippen molar-refractivity contribution in [3.05, 3.63) is 59.7 Å². The van der Waals surface area contributed by atoms with Gasteiger partial charge in [0, 0.05) is 23.4 Å². The third-order valence-corrected chi connectivity index (χ3v) is 2.96. The zero-order chi connectivity index (χ0) is 14.5. The molecule has 2 aromatic rings. The van der Waals surface area contributed by atoms with Crippen molar-refractivity contribution in [3.63, 3.8) is 0 Å². The van der Waals surface area contributed by atoms with Gasteiger partial charge in [0.2, 0.25) is 0 Å². The molecular weight excluding hydrogens is 260 g/mol. The Bertz CT molecular complexity index is 586. The molecule has 106 valence electrons. The summed E-state index contributed by atoms with van der Waals surface area (Å²) < 4.78 is 32.0. The summed E-state index contributed by atoms with van der Waals surface area (Å²) in [6.07, 6.45) is 0. The third kappa shape index (κ3) is 3.47. The zero-order valence-corrected chi connectivity index (χ0v) is 11.5. The highest BCUT2D eigenvalue weighted by molar-refractivity contribution is 5.49. The summed E-state index contributed by atoms with van der Waals surface area (Å²) in [6.45, 7) is 4.33. The molecule has 0 aliphatic heterocycles. The molecule has 1 atom stereocenters. The average Bonchev–Trinajstić information content (AvgIpc) is 2.39. The molecule has 0 radical (unpaired) electrons. The lowest BCUT2D eigenvalue weighted by molar-refractivity contribution is 0.340. The summed E-state index contributed by atoms with van der Waals surface area (Å²) in [7, 11) is 0. The summed E-state index contributed by atoms with van der Waals surface area (Å²) in [5.41, 5.74) is 1.25. The summed E-state index contributed by atoms with van der Waals surface area (Å²) in [6, 6.07) is 10.8. The molecule has 0 aliphatic rings. The Morgan fingerprint density at radius 2 is 1.95 bits per heavy atom. The average molecular weight is 277 g/mol. The van der Waals surface area contributed by atoms with Gasteiger partial charge in [0.05, 0.1) is 12.6 Å². The van der Waals surface area contributed by atoms with Crippen molar-refractivity contribution in [3.8, 4) is 5.75 Å². The smallest absolute Gasteiger partial charge is 0.131 e. The van der Waals surface area contributed by atoms with E-state index in [1.165, 1.54) is 12.1 Å². The van der Waals surface area contributed by atoms with Gasteiger partial charge in [-0.05, 0) is 32.0 Å². The van der Waals surface area contributed by atoms with Crippen LogP contribution in [0.2, 0.25) is 0 Å². The molecule has 0 saturated carbocycles. The van der Waals surface area contributed by atoms with E-state index in [4.69, 9.17) is 4.74 Å². The standard InChI is InChI=1S/C16H17F2NO/c1-3-20-14-6-4-5-13(10-14)19-11(2)15-8-7-12(17)9-16(15)18/h4-11,19H,3H2,1-2H3. The van der Waals surface area contributed by atoms with E-state index >= 15 is 0 Å². The van der Waals surface area contributed by atoms with Crippen LogP contribution in [0, 0.1) is 11.6 Å². The predicted octanol–water partition coefficient (Wildman–Crippen LogP) is 4.54. The van der Waals surface area contributed by atoms with Crippen LogP contribution in [0.5, 0.6) is 5.75 Å².